The molecule has 1 aromatic carbocycles. The second-order valence-corrected chi connectivity index (χ2v) is 8.36. The van der Waals surface area contributed by atoms with E-state index in [1.54, 1.807) is 6.07 Å². The van der Waals surface area contributed by atoms with Crippen LogP contribution >= 0.6 is 0 Å². The van der Waals surface area contributed by atoms with Crippen molar-refractivity contribution in [1.29, 1.82) is 0 Å². The summed E-state index contributed by atoms with van der Waals surface area (Å²) in [5.74, 6) is -2.18. The number of aryl methyl sites for hydroxylation is 1. The largest absolute Gasteiger partial charge is 0.455 e. The van der Waals surface area contributed by atoms with Crippen molar-refractivity contribution in [1.82, 2.24) is 20.3 Å². The Morgan fingerprint density at radius 3 is 2.54 bits per heavy atom. The van der Waals surface area contributed by atoms with Gasteiger partial charge < -0.3 is 31.2 Å². The first-order chi connectivity index (χ1) is 17.6. The zero-order chi connectivity index (χ0) is 26.9. The fourth-order valence-electron chi connectivity index (χ4n) is 4.15. The first-order valence-electron chi connectivity index (χ1n) is 11.3. The predicted octanol–water partition coefficient (Wildman–Crippen LogP) is 2.54. The molecule has 0 spiro atoms. The van der Waals surface area contributed by atoms with E-state index in [9.17, 15) is 18.4 Å². The van der Waals surface area contributed by atoms with Crippen LogP contribution in [0.5, 0.6) is 5.88 Å². The Balaban J connectivity index is 1.83. The molecule has 4 rings (SSSR count). The number of pyridine rings is 1. The Morgan fingerprint density at radius 2 is 1.89 bits per heavy atom. The highest BCUT2D eigenvalue weighted by Gasteiger charge is 2.47. The van der Waals surface area contributed by atoms with Crippen molar-refractivity contribution in [3.8, 4) is 17.0 Å². The van der Waals surface area contributed by atoms with Crippen molar-refractivity contribution >= 4 is 29.5 Å². The lowest BCUT2D eigenvalue weighted by Gasteiger charge is -2.40. The molecule has 0 aliphatic carbocycles. The average Bonchev–Trinajstić information content (AvgIpc) is 2.85. The molecule has 0 unspecified atom stereocenters. The summed E-state index contributed by atoms with van der Waals surface area (Å²) < 4.78 is 38.7. The molecule has 194 valence electrons. The lowest BCUT2D eigenvalue weighted by molar-refractivity contribution is -0.135. The number of nitrogens with two attached hydrogens (primary N) is 2. The number of carbonyl (C=O) groups excluding carboxylic acids is 2. The Morgan fingerprint density at radius 1 is 1.19 bits per heavy atom. The molecule has 0 saturated carbocycles. The van der Waals surface area contributed by atoms with Crippen molar-refractivity contribution in [2.24, 2.45) is 0 Å². The summed E-state index contributed by atoms with van der Waals surface area (Å²) in [5, 5.41) is 2.51. The number of carbonyl (C=O) groups is 2. The lowest BCUT2D eigenvalue weighted by Crippen LogP contribution is -2.54. The smallest absolute Gasteiger partial charge is 0.406 e. The van der Waals surface area contributed by atoms with Crippen LogP contribution in [-0.4, -0.2) is 47.2 Å². The van der Waals surface area contributed by atoms with Gasteiger partial charge in [-0.3, -0.25) is 4.79 Å². The maximum Gasteiger partial charge on any atom is 0.406 e. The molecule has 1 aliphatic heterocycles. The van der Waals surface area contributed by atoms with Crippen LogP contribution in [0.3, 0.4) is 0 Å². The van der Waals surface area contributed by atoms with Gasteiger partial charge in [-0.2, -0.15) is 4.98 Å². The fraction of sp³-hybridized carbons (Fsp3) is 0.292. The third-order valence-electron chi connectivity index (χ3n) is 5.93. The maximum absolute atomic E-state index is 14.1. The molecule has 2 aromatic heterocycles. The van der Waals surface area contributed by atoms with Gasteiger partial charge in [-0.15, -0.1) is 0 Å². The van der Waals surface area contributed by atoms with Gasteiger partial charge in [-0.1, -0.05) is 6.92 Å². The molecule has 2 amide bonds. The minimum absolute atomic E-state index is 0.00298. The molecule has 13 heteroatoms. The zero-order valence-corrected chi connectivity index (χ0v) is 20.3. The van der Waals surface area contributed by atoms with Crippen LogP contribution in [0.1, 0.15) is 25.1 Å². The summed E-state index contributed by atoms with van der Waals surface area (Å²) in [6, 6.07) is 4.35. The summed E-state index contributed by atoms with van der Waals surface area (Å²) in [4.78, 5) is 39.3. The number of nitrogen functional groups attached to an aromatic ring is 2. The molecule has 0 radical (unpaired) electrons. The Labute approximate surface area is 210 Å². The molecule has 37 heavy (non-hydrogen) atoms. The highest BCUT2D eigenvalue weighted by atomic mass is 19.1. The number of nitrogens with zero attached hydrogens (tertiary/aromatic N) is 4. The second-order valence-electron chi connectivity index (χ2n) is 8.36. The monoisotopic (exact) mass is 513 g/mol. The van der Waals surface area contributed by atoms with Gasteiger partial charge in [0.15, 0.2) is 0 Å². The van der Waals surface area contributed by atoms with Crippen LogP contribution < -0.4 is 26.4 Å². The number of rotatable bonds is 6. The summed E-state index contributed by atoms with van der Waals surface area (Å²) in [6.07, 6.45) is 1.27. The Hall–Kier alpha value is -4.55. The van der Waals surface area contributed by atoms with Gasteiger partial charge in [0.25, 0.3) is 5.91 Å². The van der Waals surface area contributed by atoms with E-state index in [0.717, 1.165) is 12.1 Å². The van der Waals surface area contributed by atoms with E-state index in [4.69, 9.17) is 16.2 Å². The lowest BCUT2D eigenvalue weighted by atomic mass is 9.91. The van der Waals surface area contributed by atoms with Crippen LogP contribution in [0.15, 0.2) is 30.5 Å². The highest BCUT2D eigenvalue weighted by molar-refractivity contribution is 6.03. The van der Waals surface area contributed by atoms with Crippen molar-refractivity contribution in [3.05, 3.63) is 53.4 Å². The molecule has 0 fully saturated rings. The Kier molecular flexibility index (Phi) is 6.79. The number of hydrogen-bond acceptors (Lipinski definition) is 9. The SMILES string of the molecule is CCc1nc(N)nc(N)c1-c1cnc2c(c1)N(CCNC(=O)OC)C(=O)[C@](C)(c1cc(F)cc(F)c1)O2. The molecule has 5 N–H and O–H groups in total. The Bertz CT molecular complexity index is 1370. The van der Waals surface area contributed by atoms with Crippen molar-refractivity contribution in [3.63, 3.8) is 0 Å². The number of ether oxygens (including phenoxy) is 2. The number of halogens is 2. The third-order valence-corrected chi connectivity index (χ3v) is 5.93. The zero-order valence-electron chi connectivity index (χ0n) is 20.3. The third kappa shape index (κ3) is 4.79. The number of nitrogens with one attached hydrogen (secondary N) is 1. The first-order valence-corrected chi connectivity index (χ1v) is 11.3. The molecule has 11 nitrogen and oxygen atoms in total. The summed E-state index contributed by atoms with van der Waals surface area (Å²) in [6.45, 7) is 3.24. The minimum Gasteiger partial charge on any atom is -0.455 e. The van der Waals surface area contributed by atoms with Gasteiger partial charge in [-0.05, 0) is 31.5 Å². The van der Waals surface area contributed by atoms with E-state index in [1.807, 2.05) is 6.92 Å². The predicted molar refractivity (Wildman–Crippen MR) is 131 cm³/mol. The minimum atomic E-state index is -1.81. The average molecular weight is 514 g/mol. The molecule has 3 aromatic rings. The molecular formula is C24H25F2N7O4. The summed E-state index contributed by atoms with van der Waals surface area (Å²) in [5.41, 5.74) is 11.8. The van der Waals surface area contributed by atoms with Crippen LogP contribution in [-0.2, 0) is 21.6 Å². The van der Waals surface area contributed by atoms with Crippen LogP contribution in [0.4, 0.5) is 31.0 Å². The second kappa shape index (κ2) is 9.84. The van der Waals surface area contributed by atoms with E-state index in [-0.39, 0.29) is 42.0 Å². The highest BCUT2D eigenvalue weighted by Crippen LogP contribution is 2.43. The van der Waals surface area contributed by atoms with Crippen LogP contribution in [0, 0.1) is 11.6 Å². The van der Waals surface area contributed by atoms with Crippen molar-refractivity contribution in [2.75, 3.05) is 36.6 Å². The van der Waals surface area contributed by atoms with E-state index in [0.29, 0.717) is 29.3 Å². The molecule has 0 saturated heterocycles. The number of methoxy groups -OCH3 is 1. The first kappa shape index (κ1) is 25.5. The van der Waals surface area contributed by atoms with Crippen LogP contribution in [0.25, 0.3) is 11.1 Å². The van der Waals surface area contributed by atoms with E-state index >= 15 is 0 Å². The molecular weight excluding hydrogens is 488 g/mol. The number of benzene rings is 1. The molecule has 0 bridgehead atoms. The van der Waals surface area contributed by atoms with E-state index in [2.05, 4.69) is 25.0 Å². The van der Waals surface area contributed by atoms with Crippen molar-refractivity contribution in [2.45, 2.75) is 25.9 Å². The van der Waals surface area contributed by atoms with E-state index in [1.165, 1.54) is 25.1 Å². The molecule has 3 heterocycles. The summed E-state index contributed by atoms with van der Waals surface area (Å²) >= 11 is 0. The number of alkyl carbamates (subject to hydrolysis) is 1. The normalized spacial score (nSPS) is 16.7. The van der Waals surface area contributed by atoms with Gasteiger partial charge in [-0.25, -0.2) is 23.5 Å². The van der Waals surface area contributed by atoms with Gasteiger partial charge in [0, 0.05) is 42.0 Å². The van der Waals surface area contributed by atoms with Crippen LogP contribution in [0.2, 0.25) is 0 Å². The van der Waals surface area contributed by atoms with E-state index < -0.39 is 29.2 Å². The number of fused-ring (bicyclic) bond motifs is 1. The number of hydrogen-bond donors (Lipinski definition) is 3. The number of amides is 2. The molecule has 1 atom stereocenters. The van der Waals surface area contributed by atoms with Crippen molar-refractivity contribution < 1.29 is 27.8 Å². The maximum atomic E-state index is 14.1. The van der Waals surface area contributed by atoms with Gasteiger partial charge in [0.2, 0.25) is 17.4 Å². The molecule has 1 aliphatic rings. The van der Waals surface area contributed by atoms with Gasteiger partial charge in [0.1, 0.15) is 23.1 Å². The van der Waals surface area contributed by atoms with Gasteiger partial charge >= 0.3 is 6.09 Å². The standard InChI is InChI=1S/C24H25F2N7O4/c1-4-16-18(19(27)32-22(28)31-16)12-7-17-20(30-11-12)37-24(2,13-8-14(25)10-15(26)9-13)21(34)33(17)6-5-29-23(35)36-3/h7-11H,4-6H2,1-3H3,(H,29,35)(H4,27,28,31,32)/t24-/m0/s1. The number of aromatic nitrogens is 3. The topological polar surface area (TPSA) is 159 Å². The quantitative estimate of drug-likeness (QED) is 0.450. The van der Waals surface area contributed by atoms with Gasteiger partial charge in [0.05, 0.1) is 12.8 Å². The fourth-order valence-corrected chi connectivity index (χ4v) is 4.15. The number of anilines is 3. The summed E-state index contributed by atoms with van der Waals surface area (Å²) in [7, 11) is 1.21.